The van der Waals surface area contributed by atoms with Gasteiger partial charge in [-0.05, 0) is 30.3 Å². The highest BCUT2D eigenvalue weighted by Crippen LogP contribution is 2.42. The summed E-state index contributed by atoms with van der Waals surface area (Å²) in [5, 5.41) is 12.3. The van der Waals surface area contributed by atoms with E-state index in [1.165, 1.54) is 0 Å². The van der Waals surface area contributed by atoms with Crippen molar-refractivity contribution in [1.82, 2.24) is 0 Å². The van der Waals surface area contributed by atoms with E-state index in [1.807, 2.05) is 24.3 Å². The maximum atomic E-state index is 8.87. The van der Waals surface area contributed by atoms with Gasteiger partial charge < -0.3 is 15.3 Å². The van der Waals surface area contributed by atoms with Crippen molar-refractivity contribution in [2.24, 2.45) is 0 Å². The zero-order chi connectivity index (χ0) is 12.4. The molecular formula is C15H14N2O. The van der Waals surface area contributed by atoms with Crippen LogP contribution in [0, 0.1) is 0 Å². The third-order valence-corrected chi connectivity index (χ3v) is 3.05. The SMILES string of the molecule is OC=CCN1c2ccccc2Nc2ccccc21. The van der Waals surface area contributed by atoms with E-state index >= 15 is 0 Å². The first-order valence-corrected chi connectivity index (χ1v) is 5.92. The average molecular weight is 238 g/mol. The Balaban J connectivity index is 2.11. The number of hydrogen-bond donors (Lipinski definition) is 2. The first kappa shape index (κ1) is 10.7. The summed E-state index contributed by atoms with van der Waals surface area (Å²) in [5.74, 6) is 0. The lowest BCUT2D eigenvalue weighted by molar-refractivity contribution is 0.472. The number of nitrogens with zero attached hydrogens (tertiary/aromatic N) is 1. The van der Waals surface area contributed by atoms with Gasteiger partial charge in [0, 0.05) is 6.54 Å². The van der Waals surface area contributed by atoms with Crippen molar-refractivity contribution < 1.29 is 5.11 Å². The molecule has 18 heavy (non-hydrogen) atoms. The van der Waals surface area contributed by atoms with Crippen LogP contribution in [-0.2, 0) is 0 Å². The minimum Gasteiger partial charge on any atom is -0.516 e. The van der Waals surface area contributed by atoms with Gasteiger partial charge in [0.1, 0.15) is 0 Å². The Bertz CT molecular complexity index is 547. The summed E-state index contributed by atoms with van der Waals surface area (Å²) in [6.07, 6.45) is 2.83. The topological polar surface area (TPSA) is 35.5 Å². The van der Waals surface area contributed by atoms with Crippen LogP contribution >= 0.6 is 0 Å². The van der Waals surface area contributed by atoms with E-state index in [4.69, 9.17) is 5.11 Å². The second kappa shape index (κ2) is 4.45. The van der Waals surface area contributed by atoms with Gasteiger partial charge in [-0.15, -0.1) is 0 Å². The fourth-order valence-electron chi connectivity index (χ4n) is 2.25. The fraction of sp³-hybridized carbons (Fsp3) is 0.0667. The predicted octanol–water partition coefficient (Wildman–Crippen LogP) is 3.95. The molecule has 0 atom stereocenters. The second-order valence-corrected chi connectivity index (χ2v) is 4.15. The first-order valence-electron chi connectivity index (χ1n) is 5.92. The molecule has 2 aromatic rings. The highest BCUT2D eigenvalue weighted by Gasteiger charge is 2.20. The van der Waals surface area contributed by atoms with Crippen LogP contribution in [0.3, 0.4) is 0 Å². The zero-order valence-electron chi connectivity index (χ0n) is 9.88. The molecule has 0 spiro atoms. The molecule has 2 aromatic carbocycles. The lowest BCUT2D eigenvalue weighted by Crippen LogP contribution is -2.22. The average Bonchev–Trinajstić information content (AvgIpc) is 2.43. The highest BCUT2D eigenvalue weighted by atomic mass is 16.2. The molecule has 3 rings (SSSR count). The van der Waals surface area contributed by atoms with Crippen molar-refractivity contribution in [3.63, 3.8) is 0 Å². The summed E-state index contributed by atoms with van der Waals surface area (Å²) < 4.78 is 0. The van der Waals surface area contributed by atoms with E-state index in [1.54, 1.807) is 6.08 Å². The molecule has 90 valence electrons. The van der Waals surface area contributed by atoms with Gasteiger partial charge in [-0.25, -0.2) is 0 Å². The molecule has 2 N–H and O–H groups in total. The van der Waals surface area contributed by atoms with E-state index in [0.717, 1.165) is 29.0 Å². The lowest BCUT2D eigenvalue weighted by atomic mass is 10.1. The molecule has 0 aliphatic carbocycles. The van der Waals surface area contributed by atoms with Crippen LogP contribution in [0.25, 0.3) is 0 Å². The van der Waals surface area contributed by atoms with Crippen molar-refractivity contribution >= 4 is 22.7 Å². The van der Waals surface area contributed by atoms with Crippen LogP contribution in [0.1, 0.15) is 0 Å². The molecule has 0 bridgehead atoms. The Morgan fingerprint density at radius 1 is 0.944 bits per heavy atom. The molecule has 0 saturated heterocycles. The second-order valence-electron chi connectivity index (χ2n) is 4.15. The van der Waals surface area contributed by atoms with Gasteiger partial charge in [-0.3, -0.25) is 0 Å². The summed E-state index contributed by atoms with van der Waals surface area (Å²) in [5.41, 5.74) is 4.41. The van der Waals surface area contributed by atoms with Gasteiger partial charge in [-0.2, -0.15) is 0 Å². The maximum Gasteiger partial charge on any atom is 0.0769 e. The van der Waals surface area contributed by atoms with Crippen LogP contribution in [0.15, 0.2) is 60.9 Å². The van der Waals surface area contributed by atoms with Gasteiger partial charge in [0.25, 0.3) is 0 Å². The van der Waals surface area contributed by atoms with Gasteiger partial charge >= 0.3 is 0 Å². The van der Waals surface area contributed by atoms with Crippen molar-refractivity contribution in [2.75, 3.05) is 16.8 Å². The van der Waals surface area contributed by atoms with Gasteiger partial charge in [-0.1, -0.05) is 24.3 Å². The van der Waals surface area contributed by atoms with Gasteiger partial charge in [0.05, 0.1) is 29.0 Å². The molecule has 0 amide bonds. The summed E-state index contributed by atoms with van der Waals surface area (Å²) >= 11 is 0. The smallest absolute Gasteiger partial charge is 0.0769 e. The number of para-hydroxylation sites is 4. The largest absolute Gasteiger partial charge is 0.516 e. The number of nitrogens with one attached hydrogen (secondary N) is 1. The van der Waals surface area contributed by atoms with E-state index in [-0.39, 0.29) is 0 Å². The Morgan fingerprint density at radius 2 is 1.50 bits per heavy atom. The zero-order valence-corrected chi connectivity index (χ0v) is 9.88. The van der Waals surface area contributed by atoms with Crippen LogP contribution in [-0.4, -0.2) is 11.7 Å². The van der Waals surface area contributed by atoms with Crippen LogP contribution < -0.4 is 10.2 Å². The number of anilines is 4. The molecule has 3 heteroatoms. The first-order chi connectivity index (χ1) is 8.90. The third-order valence-electron chi connectivity index (χ3n) is 3.05. The summed E-state index contributed by atoms with van der Waals surface area (Å²) in [6, 6.07) is 16.3. The lowest BCUT2D eigenvalue weighted by Gasteiger charge is -2.33. The van der Waals surface area contributed by atoms with Crippen molar-refractivity contribution in [3.05, 3.63) is 60.9 Å². The van der Waals surface area contributed by atoms with Crippen molar-refractivity contribution in [1.29, 1.82) is 0 Å². The molecule has 1 heterocycles. The van der Waals surface area contributed by atoms with Crippen LogP contribution in [0.4, 0.5) is 22.7 Å². The van der Waals surface area contributed by atoms with E-state index in [2.05, 4.69) is 34.5 Å². The van der Waals surface area contributed by atoms with Gasteiger partial charge in [0.15, 0.2) is 0 Å². The normalized spacial score (nSPS) is 13.0. The number of aliphatic hydroxyl groups excluding tert-OH is 1. The molecule has 1 aliphatic rings. The predicted molar refractivity (Wildman–Crippen MR) is 74.9 cm³/mol. The van der Waals surface area contributed by atoms with E-state index in [0.29, 0.717) is 6.54 Å². The number of fused-ring (bicyclic) bond motifs is 2. The Hall–Kier alpha value is -2.42. The standard InChI is InChI=1S/C15H14N2O/c18-11-5-10-17-14-8-3-1-6-12(14)16-13-7-2-4-9-15(13)17/h1-9,11,16,18H,10H2. The number of benzene rings is 2. The quantitative estimate of drug-likeness (QED) is 0.777. The van der Waals surface area contributed by atoms with E-state index < -0.39 is 0 Å². The molecule has 0 aromatic heterocycles. The maximum absolute atomic E-state index is 8.87. The van der Waals surface area contributed by atoms with Gasteiger partial charge in [0.2, 0.25) is 0 Å². The van der Waals surface area contributed by atoms with Crippen molar-refractivity contribution in [2.45, 2.75) is 0 Å². The minimum atomic E-state index is 0.645. The minimum absolute atomic E-state index is 0.645. The van der Waals surface area contributed by atoms with Crippen molar-refractivity contribution in [3.8, 4) is 0 Å². The molecule has 0 saturated carbocycles. The summed E-state index contributed by atoms with van der Waals surface area (Å²) in [4.78, 5) is 2.17. The summed E-state index contributed by atoms with van der Waals surface area (Å²) in [7, 11) is 0. The monoisotopic (exact) mass is 238 g/mol. The number of aliphatic hydroxyl groups is 1. The number of hydrogen-bond acceptors (Lipinski definition) is 3. The Labute approximate surface area is 106 Å². The third kappa shape index (κ3) is 1.70. The molecule has 0 unspecified atom stereocenters. The highest BCUT2D eigenvalue weighted by molar-refractivity contribution is 5.91. The Morgan fingerprint density at radius 3 is 2.06 bits per heavy atom. The molecular weight excluding hydrogens is 224 g/mol. The number of rotatable bonds is 2. The summed E-state index contributed by atoms with van der Waals surface area (Å²) in [6.45, 7) is 0.645. The fourth-order valence-corrected chi connectivity index (χ4v) is 2.25. The molecule has 0 radical (unpaired) electrons. The van der Waals surface area contributed by atoms with Crippen LogP contribution in [0.2, 0.25) is 0 Å². The molecule has 3 nitrogen and oxygen atoms in total. The van der Waals surface area contributed by atoms with Crippen LogP contribution in [0.5, 0.6) is 0 Å². The molecule has 1 aliphatic heterocycles. The Kier molecular flexibility index (Phi) is 2.65. The molecule has 0 fully saturated rings. The van der Waals surface area contributed by atoms with E-state index in [9.17, 15) is 0 Å².